The number of nitrogen functional groups attached to an aromatic ring is 1. The first-order valence-electron chi connectivity index (χ1n) is 7.23. The van der Waals surface area contributed by atoms with E-state index in [0.29, 0.717) is 0 Å². The van der Waals surface area contributed by atoms with Gasteiger partial charge in [-0.3, -0.25) is 0 Å². The Bertz CT molecular complexity index is 442. The van der Waals surface area contributed by atoms with Crippen LogP contribution < -0.4 is 15.2 Å². The maximum Gasteiger partial charge on any atom is 0.164 e. The second kappa shape index (κ2) is 5.70. The van der Waals surface area contributed by atoms with E-state index in [0.717, 1.165) is 49.8 Å². The van der Waals surface area contributed by atoms with E-state index in [1.165, 1.54) is 31.5 Å². The van der Waals surface area contributed by atoms with Crippen molar-refractivity contribution in [2.45, 2.75) is 25.7 Å². The van der Waals surface area contributed by atoms with Gasteiger partial charge in [0.05, 0.1) is 13.2 Å². The molecule has 0 radical (unpaired) electrons. The number of likely N-dealkylation sites (tertiary alicyclic amines) is 1. The van der Waals surface area contributed by atoms with Crippen LogP contribution in [0.4, 0.5) is 5.69 Å². The first-order chi connectivity index (χ1) is 9.33. The van der Waals surface area contributed by atoms with Crippen LogP contribution in [0.15, 0.2) is 12.1 Å². The molecule has 1 fully saturated rings. The van der Waals surface area contributed by atoms with Gasteiger partial charge in [-0.25, -0.2) is 0 Å². The van der Waals surface area contributed by atoms with Gasteiger partial charge in [-0.05, 0) is 38.4 Å². The Morgan fingerprint density at radius 2 is 2.11 bits per heavy atom. The summed E-state index contributed by atoms with van der Waals surface area (Å²) in [7, 11) is 0. The second-order valence-electron chi connectivity index (χ2n) is 5.36. The van der Waals surface area contributed by atoms with Crippen LogP contribution in [0, 0.1) is 0 Å². The van der Waals surface area contributed by atoms with E-state index in [-0.39, 0.29) is 0 Å². The zero-order valence-electron chi connectivity index (χ0n) is 11.4. The van der Waals surface area contributed by atoms with E-state index in [9.17, 15) is 0 Å². The van der Waals surface area contributed by atoms with Crippen LogP contribution in [-0.2, 0) is 6.42 Å². The Labute approximate surface area is 114 Å². The summed E-state index contributed by atoms with van der Waals surface area (Å²) in [5.41, 5.74) is 7.83. The minimum atomic E-state index is 0.732. The number of hydrogen-bond acceptors (Lipinski definition) is 4. The number of hydrogen-bond donors (Lipinski definition) is 1. The topological polar surface area (TPSA) is 47.7 Å². The van der Waals surface area contributed by atoms with Crippen LogP contribution in [0.5, 0.6) is 11.5 Å². The zero-order chi connectivity index (χ0) is 13.1. The third-order valence-electron chi connectivity index (χ3n) is 3.85. The first-order valence-corrected chi connectivity index (χ1v) is 7.23. The summed E-state index contributed by atoms with van der Waals surface area (Å²) in [6.45, 7) is 5.09. The zero-order valence-corrected chi connectivity index (χ0v) is 11.4. The number of nitrogens with zero attached hydrogens (tertiary/aromatic N) is 1. The number of rotatable bonds is 5. The molecule has 4 heteroatoms. The lowest BCUT2D eigenvalue weighted by Gasteiger charge is -2.15. The molecule has 2 aliphatic rings. The molecule has 1 saturated heterocycles. The molecule has 0 bridgehead atoms. The second-order valence-corrected chi connectivity index (χ2v) is 5.36. The third kappa shape index (κ3) is 2.95. The van der Waals surface area contributed by atoms with Crippen LogP contribution >= 0.6 is 0 Å². The molecule has 2 heterocycles. The largest absolute Gasteiger partial charge is 0.490 e. The molecule has 19 heavy (non-hydrogen) atoms. The van der Waals surface area contributed by atoms with Gasteiger partial charge < -0.3 is 20.1 Å². The van der Waals surface area contributed by atoms with E-state index in [1.807, 2.05) is 12.1 Å². The van der Waals surface area contributed by atoms with Gasteiger partial charge in [-0.15, -0.1) is 0 Å². The van der Waals surface area contributed by atoms with Gasteiger partial charge in [-0.1, -0.05) is 0 Å². The maximum atomic E-state index is 5.89. The highest BCUT2D eigenvalue weighted by Gasteiger charge is 2.18. The van der Waals surface area contributed by atoms with Crippen LogP contribution in [0.3, 0.4) is 0 Å². The van der Waals surface area contributed by atoms with Crippen molar-refractivity contribution in [2.75, 3.05) is 38.6 Å². The van der Waals surface area contributed by atoms with Crippen LogP contribution in [0.2, 0.25) is 0 Å². The summed E-state index contributed by atoms with van der Waals surface area (Å²) in [5, 5.41) is 0. The van der Waals surface area contributed by atoms with Gasteiger partial charge in [0.25, 0.3) is 0 Å². The fourth-order valence-corrected chi connectivity index (χ4v) is 2.88. The van der Waals surface area contributed by atoms with E-state index in [2.05, 4.69) is 4.90 Å². The number of ether oxygens (including phenoxy) is 2. The van der Waals surface area contributed by atoms with Gasteiger partial charge in [0.15, 0.2) is 11.5 Å². The molecule has 0 aromatic heterocycles. The first kappa shape index (κ1) is 12.6. The number of fused-ring (bicyclic) bond motifs is 1. The molecule has 1 aromatic carbocycles. The number of benzene rings is 1. The Morgan fingerprint density at radius 1 is 1.26 bits per heavy atom. The lowest BCUT2D eigenvalue weighted by molar-refractivity contribution is 0.251. The van der Waals surface area contributed by atoms with Gasteiger partial charge in [0.1, 0.15) is 0 Å². The molecular weight excluding hydrogens is 240 g/mol. The SMILES string of the molecule is Nc1cc2c(c(OCCCN3CCCC3)c1)OCC2. The highest BCUT2D eigenvalue weighted by atomic mass is 16.5. The summed E-state index contributed by atoms with van der Waals surface area (Å²) >= 11 is 0. The average molecular weight is 262 g/mol. The van der Waals surface area contributed by atoms with E-state index >= 15 is 0 Å². The van der Waals surface area contributed by atoms with E-state index in [1.54, 1.807) is 0 Å². The van der Waals surface area contributed by atoms with Gasteiger partial charge in [0.2, 0.25) is 0 Å². The van der Waals surface area contributed by atoms with Crippen LogP contribution in [0.25, 0.3) is 0 Å². The summed E-state index contributed by atoms with van der Waals surface area (Å²) in [6, 6.07) is 3.86. The summed E-state index contributed by atoms with van der Waals surface area (Å²) in [6.07, 6.45) is 4.68. The minimum absolute atomic E-state index is 0.732. The molecule has 0 spiro atoms. The number of nitrogens with two attached hydrogens (primary N) is 1. The molecule has 1 aromatic rings. The predicted molar refractivity (Wildman–Crippen MR) is 75.8 cm³/mol. The van der Waals surface area contributed by atoms with Crippen molar-refractivity contribution >= 4 is 5.69 Å². The molecule has 4 nitrogen and oxygen atoms in total. The van der Waals surface area contributed by atoms with Gasteiger partial charge in [0, 0.05) is 30.3 Å². The van der Waals surface area contributed by atoms with Crippen LogP contribution in [-0.4, -0.2) is 37.7 Å². The minimum Gasteiger partial charge on any atom is -0.490 e. The fraction of sp³-hybridized carbons (Fsp3) is 0.600. The molecule has 0 aliphatic carbocycles. The maximum absolute atomic E-state index is 5.89. The Kier molecular flexibility index (Phi) is 3.78. The molecule has 0 unspecified atom stereocenters. The molecule has 2 N–H and O–H groups in total. The smallest absolute Gasteiger partial charge is 0.164 e. The Hall–Kier alpha value is -1.42. The fourth-order valence-electron chi connectivity index (χ4n) is 2.88. The van der Waals surface area contributed by atoms with Crippen molar-refractivity contribution in [1.82, 2.24) is 4.90 Å². The predicted octanol–water partition coefficient (Wildman–Crippen LogP) is 2.07. The van der Waals surface area contributed by atoms with Crippen molar-refractivity contribution in [1.29, 1.82) is 0 Å². The highest BCUT2D eigenvalue weighted by Crippen LogP contribution is 2.37. The summed E-state index contributed by atoms with van der Waals surface area (Å²) < 4.78 is 11.5. The van der Waals surface area contributed by atoms with Crippen LogP contribution in [0.1, 0.15) is 24.8 Å². The number of anilines is 1. The molecule has 0 amide bonds. The monoisotopic (exact) mass is 262 g/mol. The van der Waals surface area contributed by atoms with Crippen molar-refractivity contribution in [3.8, 4) is 11.5 Å². The lowest BCUT2D eigenvalue weighted by Crippen LogP contribution is -2.21. The molecule has 3 rings (SSSR count). The Morgan fingerprint density at radius 3 is 2.95 bits per heavy atom. The van der Waals surface area contributed by atoms with Crippen molar-refractivity contribution < 1.29 is 9.47 Å². The quantitative estimate of drug-likeness (QED) is 0.652. The van der Waals surface area contributed by atoms with E-state index in [4.69, 9.17) is 15.2 Å². The standard InChI is InChI=1S/C15H22N2O2/c16-13-10-12-4-9-19-15(12)14(11-13)18-8-3-7-17-5-1-2-6-17/h10-11H,1-9,16H2. The van der Waals surface area contributed by atoms with Gasteiger partial charge in [-0.2, -0.15) is 0 Å². The normalized spacial score (nSPS) is 18.3. The Balaban J connectivity index is 1.52. The highest BCUT2D eigenvalue weighted by molar-refractivity contribution is 5.58. The molecule has 104 valence electrons. The van der Waals surface area contributed by atoms with Crippen molar-refractivity contribution in [2.24, 2.45) is 0 Å². The molecule has 2 aliphatic heterocycles. The van der Waals surface area contributed by atoms with Gasteiger partial charge >= 0.3 is 0 Å². The van der Waals surface area contributed by atoms with Crippen molar-refractivity contribution in [3.05, 3.63) is 17.7 Å². The third-order valence-corrected chi connectivity index (χ3v) is 3.85. The average Bonchev–Trinajstić information content (AvgIpc) is 3.04. The van der Waals surface area contributed by atoms with E-state index < -0.39 is 0 Å². The molecule has 0 saturated carbocycles. The van der Waals surface area contributed by atoms with Crippen molar-refractivity contribution in [3.63, 3.8) is 0 Å². The summed E-state index contributed by atoms with van der Waals surface area (Å²) in [4.78, 5) is 2.50. The summed E-state index contributed by atoms with van der Waals surface area (Å²) in [5.74, 6) is 1.71. The lowest BCUT2D eigenvalue weighted by atomic mass is 10.1. The molecule has 0 atom stereocenters. The molecular formula is C15H22N2O2.